The molecule has 2 aliphatic carbocycles. The highest BCUT2D eigenvalue weighted by molar-refractivity contribution is 5.69. The molecule has 0 aliphatic heterocycles. The van der Waals surface area contributed by atoms with Crippen LogP contribution in [0, 0.1) is 0 Å². The second-order valence-corrected chi connectivity index (χ2v) is 6.84. The average Bonchev–Trinajstić information content (AvgIpc) is 3.21. The molecule has 24 heavy (non-hydrogen) atoms. The first kappa shape index (κ1) is 13.8. The fourth-order valence-corrected chi connectivity index (χ4v) is 3.77. The van der Waals surface area contributed by atoms with Gasteiger partial charge in [0.05, 0.1) is 12.2 Å². The molecule has 3 aromatic rings. The molecule has 0 bridgehead atoms. The maximum atomic E-state index is 4.53. The van der Waals surface area contributed by atoms with Crippen LogP contribution in [0.25, 0.3) is 11.1 Å². The summed E-state index contributed by atoms with van der Waals surface area (Å²) < 4.78 is 0. The van der Waals surface area contributed by atoms with Gasteiger partial charge in [-0.1, -0.05) is 24.3 Å². The Bertz CT molecular complexity index is 879. The lowest BCUT2D eigenvalue weighted by atomic mass is 10.0. The minimum atomic E-state index is 0.358. The summed E-state index contributed by atoms with van der Waals surface area (Å²) in [5.41, 5.74) is 6.55. The van der Waals surface area contributed by atoms with E-state index in [-0.39, 0.29) is 0 Å². The van der Waals surface area contributed by atoms with E-state index in [0.29, 0.717) is 12.0 Å². The fraction of sp³-hybridized carbons (Fsp3) is 0.300. The third kappa shape index (κ3) is 2.39. The number of anilines is 1. The number of nitrogens with zero attached hydrogens (tertiary/aromatic N) is 2. The molecule has 4 heteroatoms. The van der Waals surface area contributed by atoms with Crippen molar-refractivity contribution < 1.29 is 0 Å². The van der Waals surface area contributed by atoms with Gasteiger partial charge in [0.1, 0.15) is 5.82 Å². The van der Waals surface area contributed by atoms with E-state index in [0.717, 1.165) is 18.7 Å². The third-order valence-electron chi connectivity index (χ3n) is 5.18. The van der Waals surface area contributed by atoms with Gasteiger partial charge in [0.2, 0.25) is 0 Å². The van der Waals surface area contributed by atoms with Crippen molar-refractivity contribution in [2.75, 3.05) is 5.32 Å². The van der Waals surface area contributed by atoms with Crippen LogP contribution in [0.4, 0.5) is 5.82 Å². The SMILES string of the molecule is c1ccc2c(c1)CCC2Nc1cc(-c2cn[nH]c2C2CC2)ccn1. The lowest BCUT2D eigenvalue weighted by Gasteiger charge is -2.15. The number of nitrogens with one attached hydrogen (secondary N) is 2. The molecule has 1 fully saturated rings. The van der Waals surface area contributed by atoms with Crippen LogP contribution in [0.1, 0.15) is 48.0 Å². The van der Waals surface area contributed by atoms with Gasteiger partial charge in [-0.05, 0) is 54.5 Å². The Kier molecular flexibility index (Phi) is 3.15. The number of fused-ring (bicyclic) bond motifs is 1. The molecule has 1 atom stereocenters. The van der Waals surface area contributed by atoms with E-state index in [1.54, 1.807) is 0 Å². The molecule has 1 saturated carbocycles. The predicted octanol–water partition coefficient (Wildman–Crippen LogP) is 4.45. The van der Waals surface area contributed by atoms with E-state index >= 15 is 0 Å². The number of aromatic amines is 1. The van der Waals surface area contributed by atoms with Gasteiger partial charge in [-0.25, -0.2) is 4.98 Å². The Morgan fingerprint density at radius 1 is 1.08 bits per heavy atom. The van der Waals surface area contributed by atoms with Gasteiger partial charge >= 0.3 is 0 Å². The van der Waals surface area contributed by atoms with Gasteiger partial charge in [-0.15, -0.1) is 0 Å². The molecule has 0 saturated heterocycles. The summed E-state index contributed by atoms with van der Waals surface area (Å²) in [6, 6.07) is 13.3. The maximum absolute atomic E-state index is 4.53. The largest absolute Gasteiger partial charge is 0.363 e. The number of H-pyrrole nitrogens is 1. The topological polar surface area (TPSA) is 53.6 Å². The Morgan fingerprint density at radius 3 is 2.92 bits per heavy atom. The molecule has 0 amide bonds. The van der Waals surface area contributed by atoms with Crippen molar-refractivity contribution >= 4 is 5.82 Å². The van der Waals surface area contributed by atoms with Gasteiger partial charge < -0.3 is 5.32 Å². The summed E-state index contributed by atoms with van der Waals surface area (Å²) in [6.07, 6.45) is 8.64. The zero-order valence-electron chi connectivity index (χ0n) is 13.5. The number of aromatic nitrogens is 3. The summed E-state index contributed by atoms with van der Waals surface area (Å²) in [5, 5.41) is 11.1. The van der Waals surface area contributed by atoms with E-state index in [2.05, 4.69) is 56.9 Å². The monoisotopic (exact) mass is 316 g/mol. The number of pyridine rings is 1. The van der Waals surface area contributed by atoms with Gasteiger partial charge in [0.25, 0.3) is 0 Å². The molecule has 2 aromatic heterocycles. The summed E-state index contributed by atoms with van der Waals surface area (Å²) in [7, 11) is 0. The fourth-order valence-electron chi connectivity index (χ4n) is 3.77. The van der Waals surface area contributed by atoms with E-state index in [4.69, 9.17) is 0 Å². The maximum Gasteiger partial charge on any atom is 0.126 e. The van der Waals surface area contributed by atoms with Crippen LogP contribution in [0.2, 0.25) is 0 Å². The molecule has 2 heterocycles. The summed E-state index contributed by atoms with van der Waals surface area (Å²) in [4.78, 5) is 4.53. The Labute approximate surface area is 141 Å². The van der Waals surface area contributed by atoms with Crippen molar-refractivity contribution in [2.45, 2.75) is 37.6 Å². The summed E-state index contributed by atoms with van der Waals surface area (Å²) in [5.74, 6) is 1.60. The van der Waals surface area contributed by atoms with Crippen molar-refractivity contribution in [1.29, 1.82) is 0 Å². The van der Waals surface area contributed by atoms with Crippen molar-refractivity contribution in [3.05, 3.63) is 65.6 Å². The van der Waals surface area contributed by atoms with E-state index < -0.39 is 0 Å². The van der Waals surface area contributed by atoms with Gasteiger partial charge in [0.15, 0.2) is 0 Å². The highest BCUT2D eigenvalue weighted by atomic mass is 15.1. The van der Waals surface area contributed by atoms with Crippen LogP contribution in [0.15, 0.2) is 48.8 Å². The second kappa shape index (κ2) is 5.48. The number of benzene rings is 1. The average molecular weight is 316 g/mol. The van der Waals surface area contributed by atoms with Crippen molar-refractivity contribution in [3.8, 4) is 11.1 Å². The smallest absolute Gasteiger partial charge is 0.126 e. The molecule has 0 spiro atoms. The Hall–Kier alpha value is -2.62. The molecule has 5 rings (SSSR count). The molecule has 1 unspecified atom stereocenters. The standard InChI is InChI=1S/C20H20N4/c1-2-4-16-13(3-1)7-8-18(16)23-19-11-15(9-10-21-19)17-12-22-24-20(17)14-5-6-14/h1-4,9-12,14,18H,5-8H2,(H,21,23)(H,22,24). The lowest BCUT2D eigenvalue weighted by molar-refractivity contribution is 0.757. The Morgan fingerprint density at radius 2 is 2.00 bits per heavy atom. The molecule has 4 nitrogen and oxygen atoms in total. The minimum Gasteiger partial charge on any atom is -0.363 e. The van der Waals surface area contributed by atoms with Crippen LogP contribution >= 0.6 is 0 Å². The molecule has 0 radical (unpaired) electrons. The third-order valence-corrected chi connectivity index (χ3v) is 5.18. The Balaban J connectivity index is 1.43. The van der Waals surface area contributed by atoms with Crippen LogP contribution in [-0.4, -0.2) is 15.2 Å². The predicted molar refractivity (Wildman–Crippen MR) is 94.9 cm³/mol. The normalized spacial score (nSPS) is 19.2. The van der Waals surface area contributed by atoms with E-state index in [1.165, 1.54) is 40.8 Å². The number of aryl methyl sites for hydroxylation is 1. The molecule has 120 valence electrons. The quantitative estimate of drug-likeness (QED) is 0.748. The van der Waals surface area contributed by atoms with E-state index in [1.807, 2.05) is 12.4 Å². The van der Waals surface area contributed by atoms with Gasteiger partial charge in [0, 0.05) is 23.4 Å². The first-order valence-electron chi connectivity index (χ1n) is 8.72. The van der Waals surface area contributed by atoms with Crippen molar-refractivity contribution in [2.24, 2.45) is 0 Å². The lowest BCUT2D eigenvalue weighted by Crippen LogP contribution is -2.08. The molecule has 2 aliphatic rings. The van der Waals surface area contributed by atoms with Crippen LogP contribution < -0.4 is 5.32 Å². The molecule has 2 N–H and O–H groups in total. The van der Waals surface area contributed by atoms with E-state index in [9.17, 15) is 0 Å². The van der Waals surface area contributed by atoms with Crippen LogP contribution in [0.5, 0.6) is 0 Å². The van der Waals surface area contributed by atoms with Crippen molar-refractivity contribution in [3.63, 3.8) is 0 Å². The highest BCUT2D eigenvalue weighted by Crippen LogP contribution is 2.43. The number of hydrogen-bond acceptors (Lipinski definition) is 3. The summed E-state index contributed by atoms with van der Waals surface area (Å²) in [6.45, 7) is 0. The number of rotatable bonds is 4. The van der Waals surface area contributed by atoms with Gasteiger partial charge in [-0.3, -0.25) is 5.10 Å². The number of hydrogen-bond donors (Lipinski definition) is 2. The minimum absolute atomic E-state index is 0.358. The summed E-state index contributed by atoms with van der Waals surface area (Å²) >= 11 is 0. The van der Waals surface area contributed by atoms with Crippen LogP contribution in [0.3, 0.4) is 0 Å². The molecule has 1 aromatic carbocycles. The molecular weight excluding hydrogens is 296 g/mol. The zero-order valence-corrected chi connectivity index (χ0v) is 13.5. The molecular formula is C20H20N4. The van der Waals surface area contributed by atoms with Crippen LogP contribution in [-0.2, 0) is 6.42 Å². The second-order valence-electron chi connectivity index (χ2n) is 6.84. The van der Waals surface area contributed by atoms with Crippen molar-refractivity contribution in [1.82, 2.24) is 15.2 Å². The zero-order chi connectivity index (χ0) is 15.9. The highest BCUT2D eigenvalue weighted by Gasteiger charge is 2.28. The van der Waals surface area contributed by atoms with Gasteiger partial charge in [-0.2, -0.15) is 5.10 Å². The first-order valence-corrected chi connectivity index (χ1v) is 8.72. The first-order chi connectivity index (χ1) is 11.9.